The highest BCUT2D eigenvalue weighted by Crippen LogP contribution is 2.24. The average molecular weight is 265 g/mol. The van der Waals surface area contributed by atoms with Gasteiger partial charge in [0.05, 0.1) is 5.75 Å². The van der Waals surface area contributed by atoms with Gasteiger partial charge in [-0.15, -0.1) is 0 Å². The van der Waals surface area contributed by atoms with Crippen molar-refractivity contribution in [3.8, 4) is 11.1 Å². The van der Waals surface area contributed by atoms with Crippen molar-refractivity contribution in [3.05, 3.63) is 59.9 Å². The van der Waals surface area contributed by atoms with Crippen molar-refractivity contribution >= 4 is 10.0 Å². The van der Waals surface area contributed by atoms with Crippen LogP contribution in [0.2, 0.25) is 0 Å². The van der Waals surface area contributed by atoms with E-state index in [1.807, 2.05) is 0 Å². The van der Waals surface area contributed by atoms with E-state index < -0.39 is 10.0 Å². The highest BCUT2D eigenvalue weighted by molar-refractivity contribution is 7.88. The van der Waals surface area contributed by atoms with Crippen LogP contribution in [0.4, 0.5) is 4.39 Å². The van der Waals surface area contributed by atoms with Crippen molar-refractivity contribution < 1.29 is 12.8 Å². The van der Waals surface area contributed by atoms with Crippen LogP contribution >= 0.6 is 0 Å². The smallest absolute Gasteiger partial charge is 0.213 e. The third-order valence-electron chi connectivity index (χ3n) is 2.53. The van der Waals surface area contributed by atoms with Crippen LogP contribution in [0.15, 0.2) is 48.5 Å². The Hall–Kier alpha value is -1.72. The Morgan fingerprint density at radius 3 is 2.22 bits per heavy atom. The highest BCUT2D eigenvalue weighted by atomic mass is 32.2. The van der Waals surface area contributed by atoms with E-state index in [0.29, 0.717) is 5.56 Å². The maximum Gasteiger partial charge on any atom is 0.213 e. The number of hydrogen-bond donors (Lipinski definition) is 1. The Balaban J connectivity index is 2.48. The lowest BCUT2D eigenvalue weighted by atomic mass is 10.0. The number of rotatable bonds is 3. The molecule has 2 aromatic carbocycles. The molecule has 5 heteroatoms. The predicted molar refractivity (Wildman–Crippen MR) is 68.6 cm³/mol. The molecule has 94 valence electrons. The van der Waals surface area contributed by atoms with Crippen LogP contribution < -0.4 is 5.14 Å². The number of benzene rings is 2. The normalized spacial score (nSPS) is 11.4. The van der Waals surface area contributed by atoms with Gasteiger partial charge in [0.25, 0.3) is 0 Å². The zero-order chi connectivity index (χ0) is 13.2. The van der Waals surface area contributed by atoms with Crippen molar-refractivity contribution in [1.29, 1.82) is 0 Å². The van der Waals surface area contributed by atoms with E-state index in [1.54, 1.807) is 36.4 Å². The summed E-state index contributed by atoms with van der Waals surface area (Å²) in [6, 6.07) is 12.9. The molecule has 2 N–H and O–H groups in total. The summed E-state index contributed by atoms with van der Waals surface area (Å²) < 4.78 is 35.2. The summed E-state index contributed by atoms with van der Waals surface area (Å²) in [5, 5.41) is 5.05. The molecule has 0 saturated carbocycles. The Morgan fingerprint density at radius 2 is 1.61 bits per heavy atom. The minimum absolute atomic E-state index is 0.236. The number of nitrogens with two attached hydrogens (primary N) is 1. The lowest BCUT2D eigenvalue weighted by Gasteiger charge is -2.08. The molecule has 0 spiro atoms. The van der Waals surface area contributed by atoms with E-state index in [4.69, 9.17) is 5.14 Å². The van der Waals surface area contributed by atoms with Crippen molar-refractivity contribution in [2.75, 3.05) is 0 Å². The van der Waals surface area contributed by atoms with Gasteiger partial charge in [-0.1, -0.05) is 36.4 Å². The van der Waals surface area contributed by atoms with Crippen LogP contribution in [0.1, 0.15) is 5.56 Å². The largest absolute Gasteiger partial charge is 0.228 e. The topological polar surface area (TPSA) is 60.2 Å². The first-order chi connectivity index (χ1) is 8.46. The molecule has 0 aliphatic carbocycles. The molecule has 0 saturated heterocycles. The molecule has 0 bridgehead atoms. The van der Waals surface area contributed by atoms with Crippen LogP contribution in [0.3, 0.4) is 0 Å². The van der Waals surface area contributed by atoms with Gasteiger partial charge in [0, 0.05) is 0 Å². The van der Waals surface area contributed by atoms with E-state index in [0.717, 1.165) is 11.1 Å². The van der Waals surface area contributed by atoms with Crippen molar-refractivity contribution in [2.45, 2.75) is 5.75 Å². The molecule has 18 heavy (non-hydrogen) atoms. The first-order valence-electron chi connectivity index (χ1n) is 5.30. The zero-order valence-electron chi connectivity index (χ0n) is 9.51. The average Bonchev–Trinajstić information content (AvgIpc) is 2.29. The monoisotopic (exact) mass is 265 g/mol. The molecule has 0 amide bonds. The quantitative estimate of drug-likeness (QED) is 0.925. The Labute approximate surface area is 105 Å². The van der Waals surface area contributed by atoms with Crippen LogP contribution in [0.25, 0.3) is 11.1 Å². The SMILES string of the molecule is NS(=O)(=O)Cc1ccccc1-c1ccc(F)cc1. The van der Waals surface area contributed by atoms with Gasteiger partial charge in [0.1, 0.15) is 5.82 Å². The summed E-state index contributed by atoms with van der Waals surface area (Å²) in [6.45, 7) is 0. The second-order valence-corrected chi connectivity index (χ2v) is 5.59. The minimum atomic E-state index is -3.59. The first kappa shape index (κ1) is 12.7. The van der Waals surface area contributed by atoms with Gasteiger partial charge in [-0.25, -0.2) is 17.9 Å². The van der Waals surface area contributed by atoms with Crippen LogP contribution in [-0.4, -0.2) is 8.42 Å². The second-order valence-electron chi connectivity index (χ2n) is 3.97. The second kappa shape index (κ2) is 4.88. The van der Waals surface area contributed by atoms with Gasteiger partial charge in [-0.05, 0) is 28.8 Å². The van der Waals surface area contributed by atoms with Crippen molar-refractivity contribution in [1.82, 2.24) is 0 Å². The third kappa shape index (κ3) is 3.15. The zero-order valence-corrected chi connectivity index (χ0v) is 10.3. The highest BCUT2D eigenvalue weighted by Gasteiger charge is 2.10. The Morgan fingerprint density at radius 1 is 1.00 bits per heavy atom. The molecule has 3 nitrogen and oxygen atoms in total. The summed E-state index contributed by atoms with van der Waals surface area (Å²) in [7, 11) is -3.59. The molecule has 0 aliphatic heterocycles. The summed E-state index contributed by atoms with van der Waals surface area (Å²) in [4.78, 5) is 0. The molecular formula is C13H12FNO2S. The van der Waals surface area contributed by atoms with Gasteiger partial charge >= 0.3 is 0 Å². The molecule has 0 aromatic heterocycles. The molecule has 0 radical (unpaired) electrons. The minimum Gasteiger partial charge on any atom is -0.228 e. The van der Waals surface area contributed by atoms with Gasteiger partial charge in [-0.3, -0.25) is 0 Å². The van der Waals surface area contributed by atoms with E-state index >= 15 is 0 Å². The van der Waals surface area contributed by atoms with Gasteiger partial charge < -0.3 is 0 Å². The molecule has 2 rings (SSSR count). The maximum absolute atomic E-state index is 12.9. The summed E-state index contributed by atoms with van der Waals surface area (Å²) >= 11 is 0. The number of primary sulfonamides is 1. The fourth-order valence-corrected chi connectivity index (χ4v) is 2.46. The Kier molecular flexibility index (Phi) is 3.45. The summed E-state index contributed by atoms with van der Waals surface area (Å²) in [6.07, 6.45) is 0. The third-order valence-corrected chi connectivity index (χ3v) is 3.24. The fourth-order valence-electron chi connectivity index (χ4n) is 1.77. The van der Waals surface area contributed by atoms with Crippen LogP contribution in [-0.2, 0) is 15.8 Å². The standard InChI is InChI=1S/C13H12FNO2S/c14-12-7-5-10(6-8-12)13-4-2-1-3-11(13)9-18(15,16)17/h1-8H,9H2,(H2,15,16,17). The van der Waals surface area contributed by atoms with Crippen molar-refractivity contribution in [3.63, 3.8) is 0 Å². The number of sulfonamides is 1. The van der Waals surface area contributed by atoms with Crippen molar-refractivity contribution in [2.24, 2.45) is 5.14 Å². The van der Waals surface area contributed by atoms with E-state index in [9.17, 15) is 12.8 Å². The van der Waals surface area contributed by atoms with E-state index in [1.165, 1.54) is 12.1 Å². The lowest BCUT2D eigenvalue weighted by Crippen LogP contribution is -2.15. The molecule has 0 heterocycles. The number of hydrogen-bond acceptors (Lipinski definition) is 2. The molecule has 0 atom stereocenters. The molecule has 2 aromatic rings. The van der Waals surface area contributed by atoms with Gasteiger partial charge in [0.15, 0.2) is 0 Å². The van der Waals surface area contributed by atoms with Crippen LogP contribution in [0.5, 0.6) is 0 Å². The molecule has 0 fully saturated rings. The summed E-state index contributed by atoms with van der Waals surface area (Å²) in [5.41, 5.74) is 2.11. The van der Waals surface area contributed by atoms with Gasteiger partial charge in [-0.2, -0.15) is 0 Å². The predicted octanol–water partition coefficient (Wildman–Crippen LogP) is 2.28. The maximum atomic E-state index is 12.9. The lowest BCUT2D eigenvalue weighted by molar-refractivity contribution is 0.597. The fraction of sp³-hybridized carbons (Fsp3) is 0.0769. The van der Waals surface area contributed by atoms with Crippen LogP contribution in [0, 0.1) is 5.82 Å². The van der Waals surface area contributed by atoms with Gasteiger partial charge in [0.2, 0.25) is 10.0 Å². The molecule has 0 unspecified atom stereocenters. The Bertz CT molecular complexity index is 651. The first-order valence-corrected chi connectivity index (χ1v) is 7.01. The van der Waals surface area contributed by atoms with E-state index in [2.05, 4.69) is 0 Å². The summed E-state index contributed by atoms with van der Waals surface area (Å²) in [5.74, 6) is -0.566. The van der Waals surface area contributed by atoms with E-state index in [-0.39, 0.29) is 11.6 Å². The molecule has 0 aliphatic rings. The number of halogens is 1. The molecular weight excluding hydrogens is 253 g/mol.